The van der Waals surface area contributed by atoms with Crippen molar-refractivity contribution in [1.29, 1.82) is 0 Å². The van der Waals surface area contributed by atoms with E-state index in [0.29, 0.717) is 6.42 Å². The summed E-state index contributed by atoms with van der Waals surface area (Å²) in [6, 6.07) is 26.7. The highest BCUT2D eigenvalue weighted by molar-refractivity contribution is 5.82. The fourth-order valence-electron chi connectivity index (χ4n) is 3.33. The molecule has 1 aliphatic rings. The Morgan fingerprint density at radius 3 is 2.15 bits per heavy atom. The number of benzene rings is 3. The van der Waals surface area contributed by atoms with Crippen LogP contribution in [0.3, 0.4) is 0 Å². The van der Waals surface area contributed by atoms with E-state index in [2.05, 4.69) is 5.32 Å². The molecule has 1 heterocycles. The van der Waals surface area contributed by atoms with Gasteiger partial charge in [0.1, 0.15) is 23.1 Å². The fourth-order valence-corrected chi connectivity index (χ4v) is 3.33. The zero-order chi connectivity index (χ0) is 18.7. The molecule has 136 valence electrons. The van der Waals surface area contributed by atoms with Gasteiger partial charge in [-0.3, -0.25) is 0 Å². The van der Waals surface area contributed by atoms with E-state index in [0.717, 1.165) is 22.7 Å². The number of hydrogen-bond acceptors (Lipinski definition) is 4. The molecule has 0 spiro atoms. The van der Waals surface area contributed by atoms with E-state index >= 15 is 0 Å². The second-order valence-electron chi connectivity index (χ2n) is 6.86. The lowest BCUT2D eigenvalue weighted by Crippen LogP contribution is -2.25. The molecule has 3 aromatic carbocycles. The van der Waals surface area contributed by atoms with E-state index in [4.69, 9.17) is 9.47 Å². The minimum absolute atomic E-state index is 0.231. The van der Waals surface area contributed by atoms with Crippen molar-refractivity contribution in [2.45, 2.75) is 25.0 Å². The maximum atomic E-state index is 12.4. The molecular weight excluding hydrogens is 338 g/mol. The van der Waals surface area contributed by atoms with E-state index in [1.54, 1.807) is 0 Å². The van der Waals surface area contributed by atoms with Gasteiger partial charge in [-0.15, -0.1) is 0 Å². The lowest BCUT2D eigenvalue weighted by molar-refractivity contribution is -0.148. The number of ether oxygens (including phenoxy) is 2. The van der Waals surface area contributed by atoms with Gasteiger partial charge in [0.05, 0.1) is 0 Å². The molecule has 1 fully saturated rings. The highest BCUT2D eigenvalue weighted by Gasteiger charge is 2.44. The number of rotatable bonds is 5. The van der Waals surface area contributed by atoms with Crippen molar-refractivity contribution in [1.82, 2.24) is 0 Å². The van der Waals surface area contributed by atoms with E-state index < -0.39 is 5.60 Å². The Labute approximate surface area is 158 Å². The summed E-state index contributed by atoms with van der Waals surface area (Å²) >= 11 is 0. The van der Waals surface area contributed by atoms with Crippen molar-refractivity contribution in [2.75, 3.05) is 5.32 Å². The molecule has 3 aromatic rings. The third-order valence-electron chi connectivity index (χ3n) is 4.76. The Kier molecular flexibility index (Phi) is 4.55. The topological polar surface area (TPSA) is 47.6 Å². The summed E-state index contributed by atoms with van der Waals surface area (Å²) in [6.45, 7) is 1.96. The van der Waals surface area contributed by atoms with Crippen molar-refractivity contribution < 1.29 is 14.3 Å². The van der Waals surface area contributed by atoms with E-state index in [9.17, 15) is 4.79 Å². The highest BCUT2D eigenvalue weighted by Crippen LogP contribution is 2.37. The zero-order valence-electron chi connectivity index (χ0n) is 15.1. The van der Waals surface area contributed by atoms with Crippen LogP contribution in [0, 0.1) is 0 Å². The van der Waals surface area contributed by atoms with E-state index in [1.807, 2.05) is 91.9 Å². The zero-order valence-corrected chi connectivity index (χ0v) is 15.1. The first kappa shape index (κ1) is 17.2. The predicted molar refractivity (Wildman–Crippen MR) is 105 cm³/mol. The first-order valence-corrected chi connectivity index (χ1v) is 9.00. The van der Waals surface area contributed by atoms with Gasteiger partial charge in [-0.2, -0.15) is 0 Å². The Morgan fingerprint density at radius 1 is 0.889 bits per heavy atom. The van der Waals surface area contributed by atoms with Crippen LogP contribution in [-0.2, 0) is 15.1 Å². The summed E-state index contributed by atoms with van der Waals surface area (Å²) in [5.41, 5.74) is 1.26. The van der Waals surface area contributed by atoms with Crippen molar-refractivity contribution in [3.8, 4) is 11.5 Å². The average Bonchev–Trinajstić information content (AvgIpc) is 2.99. The minimum Gasteiger partial charge on any atom is -0.457 e. The predicted octanol–water partition coefficient (Wildman–Crippen LogP) is 5.12. The first-order chi connectivity index (χ1) is 13.1. The first-order valence-electron chi connectivity index (χ1n) is 9.00. The van der Waals surface area contributed by atoms with Crippen LogP contribution in [0.2, 0.25) is 0 Å². The summed E-state index contributed by atoms with van der Waals surface area (Å²) in [5.74, 6) is 1.30. The normalized spacial score (nSPS) is 21.5. The Morgan fingerprint density at radius 2 is 1.48 bits per heavy atom. The molecule has 2 unspecified atom stereocenters. The number of carbonyl (C=O) groups excluding carboxylic acids is 1. The molecule has 1 N–H and O–H groups in total. The van der Waals surface area contributed by atoms with Gasteiger partial charge in [0.15, 0.2) is 0 Å². The van der Waals surface area contributed by atoms with Crippen molar-refractivity contribution in [3.05, 3.63) is 90.5 Å². The van der Waals surface area contributed by atoms with Crippen LogP contribution in [0.5, 0.6) is 11.5 Å². The molecule has 4 rings (SSSR count). The van der Waals surface area contributed by atoms with Crippen LogP contribution in [0.25, 0.3) is 0 Å². The quantitative estimate of drug-likeness (QED) is 0.642. The summed E-state index contributed by atoms with van der Waals surface area (Å²) in [7, 11) is 0. The van der Waals surface area contributed by atoms with E-state index in [-0.39, 0.29) is 12.0 Å². The molecule has 2 atom stereocenters. The van der Waals surface area contributed by atoms with Crippen LogP contribution in [-0.4, -0.2) is 12.0 Å². The van der Waals surface area contributed by atoms with Gasteiger partial charge in [0, 0.05) is 12.1 Å². The monoisotopic (exact) mass is 359 g/mol. The molecule has 1 aliphatic heterocycles. The summed E-state index contributed by atoms with van der Waals surface area (Å²) in [4.78, 5) is 12.4. The molecular formula is C23H21NO3. The van der Waals surface area contributed by atoms with Gasteiger partial charge in [-0.05, 0) is 48.9 Å². The SMILES string of the molecule is CC1(c2ccccc2)CC(Nc2ccc(Oc3ccccc3)cc2)C(=O)O1. The van der Waals surface area contributed by atoms with Gasteiger partial charge in [-0.25, -0.2) is 4.79 Å². The molecule has 1 saturated heterocycles. The van der Waals surface area contributed by atoms with Crippen molar-refractivity contribution >= 4 is 11.7 Å². The Bertz CT molecular complexity index is 909. The largest absolute Gasteiger partial charge is 0.457 e. The Balaban J connectivity index is 1.43. The smallest absolute Gasteiger partial charge is 0.329 e. The number of esters is 1. The summed E-state index contributed by atoms with van der Waals surface area (Å²) in [6.07, 6.45) is 0.581. The van der Waals surface area contributed by atoms with Crippen molar-refractivity contribution in [2.24, 2.45) is 0 Å². The molecule has 27 heavy (non-hydrogen) atoms. The van der Waals surface area contributed by atoms with Gasteiger partial charge in [0.2, 0.25) is 0 Å². The average molecular weight is 359 g/mol. The Hall–Kier alpha value is -3.27. The van der Waals surface area contributed by atoms with Gasteiger partial charge in [0.25, 0.3) is 0 Å². The lowest BCUT2D eigenvalue weighted by atomic mass is 9.91. The van der Waals surface area contributed by atoms with E-state index in [1.165, 1.54) is 0 Å². The third kappa shape index (κ3) is 3.80. The van der Waals surface area contributed by atoms with Crippen molar-refractivity contribution in [3.63, 3.8) is 0 Å². The second kappa shape index (κ2) is 7.16. The molecule has 4 heteroatoms. The molecule has 0 amide bonds. The highest BCUT2D eigenvalue weighted by atomic mass is 16.6. The summed E-state index contributed by atoms with van der Waals surface area (Å²) in [5, 5.41) is 3.28. The minimum atomic E-state index is -0.605. The van der Waals surface area contributed by atoms with Crippen LogP contribution < -0.4 is 10.1 Å². The fraction of sp³-hybridized carbons (Fsp3) is 0.174. The maximum absolute atomic E-state index is 12.4. The number of hydrogen-bond donors (Lipinski definition) is 1. The molecule has 0 aromatic heterocycles. The number of para-hydroxylation sites is 1. The lowest BCUT2D eigenvalue weighted by Gasteiger charge is -2.22. The number of carbonyl (C=O) groups is 1. The van der Waals surface area contributed by atoms with Crippen LogP contribution in [0.1, 0.15) is 18.9 Å². The number of anilines is 1. The maximum Gasteiger partial charge on any atom is 0.329 e. The van der Waals surface area contributed by atoms with Crippen LogP contribution in [0.4, 0.5) is 5.69 Å². The van der Waals surface area contributed by atoms with Gasteiger partial charge >= 0.3 is 5.97 Å². The molecule has 0 bridgehead atoms. The number of cyclic esters (lactones) is 1. The number of nitrogens with one attached hydrogen (secondary N) is 1. The van der Waals surface area contributed by atoms with Gasteiger partial charge in [-0.1, -0.05) is 48.5 Å². The van der Waals surface area contributed by atoms with Crippen LogP contribution in [0.15, 0.2) is 84.9 Å². The van der Waals surface area contributed by atoms with Crippen LogP contribution >= 0.6 is 0 Å². The molecule has 4 nitrogen and oxygen atoms in total. The molecule has 0 saturated carbocycles. The summed E-state index contributed by atoms with van der Waals surface area (Å²) < 4.78 is 11.5. The molecule has 0 aliphatic carbocycles. The third-order valence-corrected chi connectivity index (χ3v) is 4.76. The standard InChI is InChI=1S/C23H21NO3/c1-23(17-8-4-2-5-9-17)16-21(22(25)27-23)24-18-12-14-20(15-13-18)26-19-10-6-3-7-11-19/h2-15,21,24H,16H2,1H3. The molecule has 0 radical (unpaired) electrons. The van der Waals surface area contributed by atoms with Gasteiger partial charge < -0.3 is 14.8 Å². The second-order valence-corrected chi connectivity index (χ2v) is 6.86.